The van der Waals surface area contributed by atoms with Crippen molar-refractivity contribution in [2.45, 2.75) is 9.79 Å². The lowest BCUT2D eigenvalue weighted by atomic mass is 9.82. The zero-order valence-corrected chi connectivity index (χ0v) is 18.3. The van der Waals surface area contributed by atoms with Gasteiger partial charge in [0.15, 0.2) is 0 Å². The van der Waals surface area contributed by atoms with Gasteiger partial charge in [0.05, 0.1) is 9.79 Å². The van der Waals surface area contributed by atoms with Gasteiger partial charge in [0.25, 0.3) is 0 Å². The first-order valence-corrected chi connectivity index (χ1v) is 12.8. The fourth-order valence-electron chi connectivity index (χ4n) is 4.33. The maximum atomic E-state index is 12.6. The molecule has 0 aromatic heterocycles. The van der Waals surface area contributed by atoms with E-state index in [1.54, 1.807) is 30.3 Å². The number of benzene rings is 4. The van der Waals surface area contributed by atoms with Crippen molar-refractivity contribution in [2.24, 2.45) is 10.3 Å². The topological polar surface area (TPSA) is 120 Å². The van der Waals surface area contributed by atoms with Crippen molar-refractivity contribution >= 4 is 20.0 Å². The summed E-state index contributed by atoms with van der Waals surface area (Å²) < 4.78 is 49.8. The summed E-state index contributed by atoms with van der Waals surface area (Å²) in [5.41, 5.74) is 5.24. The van der Waals surface area contributed by atoms with Crippen LogP contribution in [0, 0.1) is 0 Å². The fourth-order valence-corrected chi connectivity index (χ4v) is 5.86. The van der Waals surface area contributed by atoms with Crippen molar-refractivity contribution in [3.63, 3.8) is 0 Å². The van der Waals surface area contributed by atoms with Crippen LogP contribution in [0.4, 0.5) is 0 Å². The van der Waals surface area contributed by atoms with Gasteiger partial charge in [0.2, 0.25) is 20.0 Å². The highest BCUT2D eigenvalue weighted by molar-refractivity contribution is 7.89. The Bertz CT molecular complexity index is 1630. The Morgan fingerprint density at radius 1 is 0.469 bits per heavy atom. The minimum absolute atomic E-state index is 0.0335. The second-order valence-corrected chi connectivity index (χ2v) is 10.6. The highest BCUT2D eigenvalue weighted by Gasteiger charge is 2.27. The van der Waals surface area contributed by atoms with Crippen molar-refractivity contribution in [1.82, 2.24) is 0 Å². The predicted octanol–water partition coefficient (Wildman–Crippen LogP) is 3.96. The quantitative estimate of drug-likeness (QED) is 0.421. The summed E-state index contributed by atoms with van der Waals surface area (Å²) >= 11 is 0. The van der Waals surface area contributed by atoms with Gasteiger partial charge in [-0.2, -0.15) is 0 Å². The van der Waals surface area contributed by atoms with Crippen LogP contribution < -0.4 is 10.3 Å². The third-order valence-corrected chi connectivity index (χ3v) is 7.56. The molecule has 6 rings (SSSR count). The second-order valence-electron chi connectivity index (χ2n) is 7.57. The van der Waals surface area contributed by atoms with E-state index in [9.17, 15) is 16.8 Å². The molecule has 2 aliphatic rings. The van der Waals surface area contributed by atoms with Gasteiger partial charge in [-0.1, -0.05) is 66.7 Å². The third-order valence-electron chi connectivity index (χ3n) is 5.63. The molecule has 8 heteroatoms. The Labute approximate surface area is 186 Å². The first-order valence-electron chi connectivity index (χ1n) is 9.68. The number of primary sulfonamides is 2. The lowest BCUT2D eigenvalue weighted by Crippen LogP contribution is -2.15. The van der Waals surface area contributed by atoms with Crippen LogP contribution in [0.3, 0.4) is 0 Å². The lowest BCUT2D eigenvalue weighted by Gasteiger charge is -2.24. The molecule has 0 aliphatic heterocycles. The van der Waals surface area contributed by atoms with Gasteiger partial charge in [0, 0.05) is 11.1 Å². The molecule has 0 unspecified atom stereocenters. The van der Waals surface area contributed by atoms with Gasteiger partial charge >= 0.3 is 0 Å². The molecule has 0 atom stereocenters. The molecule has 0 saturated heterocycles. The second kappa shape index (κ2) is 7.11. The summed E-state index contributed by atoms with van der Waals surface area (Å²) in [6.07, 6.45) is 0. The van der Waals surface area contributed by atoms with E-state index < -0.39 is 20.0 Å². The molecule has 0 radical (unpaired) electrons. The van der Waals surface area contributed by atoms with Crippen LogP contribution >= 0.6 is 0 Å². The minimum Gasteiger partial charge on any atom is -0.225 e. The van der Waals surface area contributed by atoms with E-state index in [1.807, 2.05) is 42.5 Å². The summed E-state index contributed by atoms with van der Waals surface area (Å²) in [6, 6.07) is 24.6. The fraction of sp³-hybridized carbons (Fsp3) is 0. The van der Waals surface area contributed by atoms with Crippen LogP contribution in [0.15, 0.2) is 94.7 Å². The summed E-state index contributed by atoms with van der Waals surface area (Å²) in [6.45, 7) is 0. The molecule has 0 heterocycles. The van der Waals surface area contributed by atoms with E-state index in [0.717, 1.165) is 16.7 Å². The normalized spacial score (nSPS) is 12.6. The van der Waals surface area contributed by atoms with Crippen LogP contribution in [-0.4, -0.2) is 16.8 Å². The minimum atomic E-state index is -4.08. The average molecular weight is 463 g/mol. The third kappa shape index (κ3) is 3.25. The summed E-state index contributed by atoms with van der Waals surface area (Å²) in [5, 5.41) is 11.1. The van der Waals surface area contributed by atoms with Crippen LogP contribution in [0.25, 0.3) is 44.5 Å². The molecular formula is C24H18N2O4S2. The summed E-state index contributed by atoms with van der Waals surface area (Å²) in [7, 11) is -8.10. The maximum absolute atomic E-state index is 12.6. The molecule has 0 fully saturated rings. The van der Waals surface area contributed by atoms with E-state index >= 15 is 0 Å². The zero-order valence-electron chi connectivity index (χ0n) is 16.7. The van der Waals surface area contributed by atoms with Crippen LogP contribution in [-0.2, 0) is 20.0 Å². The monoisotopic (exact) mass is 462 g/mol. The van der Waals surface area contributed by atoms with E-state index in [4.69, 9.17) is 10.3 Å². The molecule has 0 amide bonds. The molecule has 32 heavy (non-hydrogen) atoms. The molecule has 2 bridgehead atoms. The van der Waals surface area contributed by atoms with E-state index in [1.165, 1.54) is 12.1 Å². The Hall–Kier alpha value is -3.30. The van der Waals surface area contributed by atoms with E-state index in [2.05, 4.69) is 0 Å². The Morgan fingerprint density at radius 3 is 1.72 bits per heavy atom. The largest absolute Gasteiger partial charge is 0.238 e. The Balaban J connectivity index is 2.00. The molecule has 4 aromatic rings. The van der Waals surface area contributed by atoms with Gasteiger partial charge in [-0.15, -0.1) is 0 Å². The Morgan fingerprint density at radius 2 is 1.03 bits per heavy atom. The average Bonchev–Trinajstić information content (AvgIpc) is 2.76. The summed E-state index contributed by atoms with van der Waals surface area (Å²) in [4.78, 5) is -0.0734. The number of sulfonamides is 2. The maximum Gasteiger partial charge on any atom is 0.238 e. The SMILES string of the molecule is NS(=O)(=O)c1ccccc1-c1cc2ccc1-c1c(cccc1S(N)(=O)=O)-c1ccccc1-2. The molecule has 0 saturated carbocycles. The van der Waals surface area contributed by atoms with Gasteiger partial charge < -0.3 is 0 Å². The Kier molecular flexibility index (Phi) is 4.58. The van der Waals surface area contributed by atoms with Crippen molar-refractivity contribution in [3.8, 4) is 44.5 Å². The molecule has 4 aromatic carbocycles. The first-order chi connectivity index (χ1) is 15.2. The molecule has 2 aliphatic carbocycles. The molecular weight excluding hydrogens is 444 g/mol. The van der Waals surface area contributed by atoms with Crippen LogP contribution in [0.2, 0.25) is 0 Å². The van der Waals surface area contributed by atoms with Crippen molar-refractivity contribution in [3.05, 3.63) is 84.9 Å². The highest BCUT2D eigenvalue weighted by Crippen LogP contribution is 2.48. The molecule has 6 nitrogen and oxygen atoms in total. The zero-order chi connectivity index (χ0) is 22.7. The summed E-state index contributed by atoms with van der Waals surface area (Å²) in [5.74, 6) is 0. The van der Waals surface area contributed by atoms with Crippen LogP contribution in [0.1, 0.15) is 0 Å². The predicted molar refractivity (Wildman–Crippen MR) is 124 cm³/mol. The number of fused-ring (bicyclic) bond motifs is 2. The highest BCUT2D eigenvalue weighted by atomic mass is 32.2. The van der Waals surface area contributed by atoms with Gasteiger partial charge in [-0.3, -0.25) is 0 Å². The molecule has 0 spiro atoms. The lowest BCUT2D eigenvalue weighted by molar-refractivity contribution is 0.596. The number of rotatable bonds is 3. The smallest absolute Gasteiger partial charge is 0.225 e. The standard InChI is InChI=1S/C24H18N2O4S2/c25-31(27,28)22-10-4-3-8-18(22)21-14-15-12-13-20(21)24-19(17-7-2-1-6-16(15)17)9-5-11-23(24)32(26,29)30/h1-14H,(H2,25,27,28)(H2,26,29,30). The number of nitrogens with two attached hydrogens (primary N) is 2. The van der Waals surface area contributed by atoms with Gasteiger partial charge in [-0.05, 0) is 51.6 Å². The van der Waals surface area contributed by atoms with Gasteiger partial charge in [-0.25, -0.2) is 27.1 Å². The molecule has 4 N–H and O–H groups in total. The van der Waals surface area contributed by atoms with E-state index in [-0.39, 0.29) is 9.79 Å². The van der Waals surface area contributed by atoms with E-state index in [0.29, 0.717) is 27.8 Å². The first kappa shape index (κ1) is 20.6. The van der Waals surface area contributed by atoms with Crippen molar-refractivity contribution in [2.75, 3.05) is 0 Å². The molecule has 160 valence electrons. The number of hydrogen-bond acceptors (Lipinski definition) is 4. The van der Waals surface area contributed by atoms with Gasteiger partial charge in [0.1, 0.15) is 0 Å². The van der Waals surface area contributed by atoms with Crippen molar-refractivity contribution in [1.29, 1.82) is 0 Å². The van der Waals surface area contributed by atoms with Crippen LogP contribution in [0.5, 0.6) is 0 Å². The van der Waals surface area contributed by atoms with Crippen molar-refractivity contribution < 1.29 is 16.8 Å². The number of hydrogen-bond donors (Lipinski definition) is 2.